The van der Waals surface area contributed by atoms with Crippen LogP contribution in [0.1, 0.15) is 15.2 Å². The number of carboxylic acid groups (broad SMARTS) is 1. The van der Waals surface area contributed by atoms with Crippen LogP contribution in [0.3, 0.4) is 0 Å². The molecule has 1 unspecified atom stereocenters. The van der Waals surface area contributed by atoms with E-state index < -0.39 is 12.0 Å². The molecule has 1 N–H and O–H groups in total. The number of nitrogens with zero attached hydrogens (tertiary/aromatic N) is 1. The third-order valence-corrected chi connectivity index (χ3v) is 5.12. The molecule has 1 aromatic heterocycles. The second-order valence-corrected chi connectivity index (χ2v) is 6.23. The minimum Gasteiger partial charge on any atom is -0.480 e. The smallest absolute Gasteiger partial charge is 0.327 e. The second kappa shape index (κ2) is 5.03. The highest BCUT2D eigenvalue weighted by molar-refractivity contribution is 9.10. The highest BCUT2D eigenvalue weighted by Gasteiger charge is 2.39. The molecule has 0 saturated carbocycles. The van der Waals surface area contributed by atoms with Gasteiger partial charge < -0.3 is 5.11 Å². The Hall–Kier alpha value is -1.66. The van der Waals surface area contributed by atoms with Crippen molar-refractivity contribution in [3.8, 4) is 0 Å². The number of carbonyl (C=O) groups is 2. The van der Waals surface area contributed by atoms with Crippen LogP contribution in [0.4, 0.5) is 5.69 Å². The van der Waals surface area contributed by atoms with Crippen LogP contribution in [-0.4, -0.2) is 23.0 Å². The number of para-hydroxylation sites is 1. The van der Waals surface area contributed by atoms with E-state index in [1.54, 1.807) is 17.5 Å². The van der Waals surface area contributed by atoms with Crippen molar-refractivity contribution in [2.24, 2.45) is 0 Å². The van der Waals surface area contributed by atoms with Gasteiger partial charge in [0.2, 0.25) is 0 Å². The van der Waals surface area contributed by atoms with Gasteiger partial charge in [0.05, 0.1) is 0 Å². The van der Waals surface area contributed by atoms with E-state index in [2.05, 4.69) is 15.9 Å². The highest BCUT2D eigenvalue weighted by Crippen LogP contribution is 2.35. The minimum atomic E-state index is -0.984. The molecule has 102 valence electrons. The monoisotopic (exact) mass is 351 g/mol. The van der Waals surface area contributed by atoms with Gasteiger partial charge in [-0.15, -0.1) is 11.3 Å². The quantitative estimate of drug-likeness (QED) is 0.903. The number of benzene rings is 1. The number of hydrogen-bond donors (Lipinski definition) is 1. The van der Waals surface area contributed by atoms with Crippen LogP contribution in [0.5, 0.6) is 0 Å². The number of amides is 1. The molecule has 6 heteroatoms. The Morgan fingerprint density at radius 2 is 2.05 bits per heavy atom. The molecule has 0 saturated heterocycles. The normalized spacial score (nSPS) is 17.1. The van der Waals surface area contributed by atoms with Gasteiger partial charge in [-0.05, 0) is 39.0 Å². The number of fused-ring (bicyclic) bond motifs is 1. The summed E-state index contributed by atoms with van der Waals surface area (Å²) in [6, 6.07) is 8.27. The van der Waals surface area contributed by atoms with Gasteiger partial charge in [0, 0.05) is 16.6 Å². The van der Waals surface area contributed by atoms with Crippen molar-refractivity contribution >= 4 is 44.8 Å². The van der Waals surface area contributed by atoms with Crippen molar-refractivity contribution < 1.29 is 14.7 Å². The highest BCUT2D eigenvalue weighted by atomic mass is 79.9. The maximum Gasteiger partial charge on any atom is 0.327 e. The van der Waals surface area contributed by atoms with Gasteiger partial charge in [0.15, 0.2) is 0 Å². The molecule has 2 heterocycles. The Bertz CT molecular complexity index is 697. The lowest BCUT2D eigenvalue weighted by molar-refractivity contribution is -0.138. The van der Waals surface area contributed by atoms with Gasteiger partial charge in [0.25, 0.3) is 5.91 Å². The molecule has 1 aromatic carbocycles. The van der Waals surface area contributed by atoms with Crippen molar-refractivity contribution in [2.45, 2.75) is 12.5 Å². The number of anilines is 1. The zero-order valence-electron chi connectivity index (χ0n) is 10.2. The molecule has 0 bridgehead atoms. The van der Waals surface area contributed by atoms with Crippen molar-refractivity contribution in [1.29, 1.82) is 0 Å². The van der Waals surface area contributed by atoms with Crippen LogP contribution < -0.4 is 4.90 Å². The lowest BCUT2D eigenvalue weighted by Crippen LogP contribution is -2.42. The maximum atomic E-state index is 12.6. The first-order valence-corrected chi connectivity index (χ1v) is 7.64. The van der Waals surface area contributed by atoms with Gasteiger partial charge in [-0.25, -0.2) is 4.79 Å². The van der Waals surface area contributed by atoms with E-state index >= 15 is 0 Å². The molecular weight excluding hydrogens is 342 g/mol. The van der Waals surface area contributed by atoms with Gasteiger partial charge >= 0.3 is 5.97 Å². The predicted octanol–water partition coefficient (Wildman–Crippen LogP) is 3.17. The summed E-state index contributed by atoms with van der Waals surface area (Å²) < 4.78 is 0.695. The number of carboxylic acids is 1. The summed E-state index contributed by atoms with van der Waals surface area (Å²) >= 11 is 4.63. The molecule has 0 fully saturated rings. The first-order valence-electron chi connectivity index (χ1n) is 5.97. The Balaban J connectivity index is 2.07. The number of rotatable bonds is 2. The third kappa shape index (κ3) is 2.05. The summed E-state index contributed by atoms with van der Waals surface area (Å²) in [5, 5.41) is 11.2. The first kappa shape index (κ1) is 13.3. The summed E-state index contributed by atoms with van der Waals surface area (Å²) in [7, 11) is 0. The fraction of sp³-hybridized carbons (Fsp3) is 0.143. The van der Waals surface area contributed by atoms with E-state index in [9.17, 15) is 14.7 Å². The lowest BCUT2D eigenvalue weighted by atomic mass is 10.1. The number of aliphatic carboxylic acids is 1. The van der Waals surface area contributed by atoms with Gasteiger partial charge in [-0.2, -0.15) is 0 Å². The van der Waals surface area contributed by atoms with E-state index in [0.29, 0.717) is 21.5 Å². The molecule has 0 spiro atoms. The van der Waals surface area contributed by atoms with E-state index in [1.807, 2.05) is 18.2 Å². The molecule has 1 aliphatic heterocycles. The van der Waals surface area contributed by atoms with Crippen molar-refractivity contribution in [1.82, 2.24) is 0 Å². The van der Waals surface area contributed by atoms with E-state index in [0.717, 1.165) is 5.56 Å². The largest absolute Gasteiger partial charge is 0.480 e. The second-order valence-electron chi connectivity index (χ2n) is 4.46. The maximum absolute atomic E-state index is 12.6. The van der Waals surface area contributed by atoms with Gasteiger partial charge in [0.1, 0.15) is 10.9 Å². The third-order valence-electron chi connectivity index (χ3n) is 3.29. The van der Waals surface area contributed by atoms with Crippen LogP contribution in [0.2, 0.25) is 0 Å². The standard InChI is InChI=1S/C14H10BrNO3S/c15-9-5-6-20-12(9)13(17)16-10-4-2-1-3-8(10)7-11(16)14(18)19/h1-6,11H,7H2,(H,18,19). The van der Waals surface area contributed by atoms with Crippen molar-refractivity contribution in [2.75, 3.05) is 4.90 Å². The predicted molar refractivity (Wildman–Crippen MR) is 80.4 cm³/mol. The number of carbonyl (C=O) groups excluding carboxylic acids is 1. The summed E-state index contributed by atoms with van der Waals surface area (Å²) in [6.07, 6.45) is 0.347. The molecule has 1 aliphatic rings. The summed E-state index contributed by atoms with van der Waals surface area (Å²) in [6.45, 7) is 0. The molecule has 0 aliphatic carbocycles. The number of halogens is 1. The van der Waals surface area contributed by atoms with Crippen LogP contribution >= 0.6 is 27.3 Å². The number of thiophene rings is 1. The summed E-state index contributed by atoms with van der Waals surface area (Å²) in [5.74, 6) is -1.26. The summed E-state index contributed by atoms with van der Waals surface area (Å²) in [5.41, 5.74) is 1.58. The molecule has 3 rings (SSSR count). The van der Waals surface area contributed by atoms with E-state index in [1.165, 1.54) is 16.2 Å². The average molecular weight is 352 g/mol. The van der Waals surface area contributed by atoms with Crippen LogP contribution in [0.15, 0.2) is 40.2 Å². The fourth-order valence-electron chi connectivity index (χ4n) is 2.39. The molecule has 20 heavy (non-hydrogen) atoms. The van der Waals surface area contributed by atoms with Crippen LogP contribution in [0.25, 0.3) is 0 Å². The van der Waals surface area contributed by atoms with Crippen LogP contribution in [0, 0.1) is 0 Å². The Morgan fingerprint density at radius 3 is 2.70 bits per heavy atom. The van der Waals surface area contributed by atoms with Gasteiger partial charge in [-0.3, -0.25) is 9.69 Å². The molecular formula is C14H10BrNO3S. The molecule has 1 atom stereocenters. The van der Waals surface area contributed by atoms with Crippen LogP contribution in [-0.2, 0) is 11.2 Å². The fourth-order valence-corrected chi connectivity index (χ4v) is 3.87. The molecule has 2 aromatic rings. The van der Waals surface area contributed by atoms with Crippen molar-refractivity contribution in [3.05, 3.63) is 50.6 Å². The molecule has 1 amide bonds. The lowest BCUT2D eigenvalue weighted by Gasteiger charge is -2.22. The Kier molecular flexibility index (Phi) is 3.35. The average Bonchev–Trinajstić information content (AvgIpc) is 3.01. The SMILES string of the molecule is O=C(O)C1Cc2ccccc2N1C(=O)c1sccc1Br. The topological polar surface area (TPSA) is 57.6 Å². The number of hydrogen-bond acceptors (Lipinski definition) is 3. The van der Waals surface area contributed by atoms with Crippen molar-refractivity contribution in [3.63, 3.8) is 0 Å². The van der Waals surface area contributed by atoms with E-state index in [-0.39, 0.29) is 5.91 Å². The zero-order chi connectivity index (χ0) is 14.3. The van der Waals surface area contributed by atoms with E-state index in [4.69, 9.17) is 0 Å². The summed E-state index contributed by atoms with van der Waals surface area (Å²) in [4.78, 5) is 26.0. The Morgan fingerprint density at radius 1 is 1.30 bits per heavy atom. The first-order chi connectivity index (χ1) is 9.59. The Labute approximate surface area is 127 Å². The minimum absolute atomic E-state index is 0.274. The molecule has 0 radical (unpaired) electrons. The zero-order valence-corrected chi connectivity index (χ0v) is 12.6. The molecule has 4 nitrogen and oxygen atoms in total. The van der Waals surface area contributed by atoms with Gasteiger partial charge in [-0.1, -0.05) is 18.2 Å².